The number of unbranched alkanes of at least 4 members (excludes halogenated alkanes) is 1. The highest BCUT2D eigenvalue weighted by molar-refractivity contribution is 5.25. The summed E-state index contributed by atoms with van der Waals surface area (Å²) in [5.74, 6) is -0.00276. The molecule has 1 aromatic rings. The fraction of sp³-hybridized carbons (Fsp3) is 0.571. The van der Waals surface area contributed by atoms with E-state index in [4.69, 9.17) is 5.73 Å². The Morgan fingerprint density at radius 2 is 2.38 bits per heavy atom. The standard InChI is InChI=1S/C7H12N4O2/c8-4-2-1-3-6-7(11(12)13)10-5-9-6/h5H,1-4,8H2,(H,9,10). The number of aryl methyl sites for hydroxylation is 1. The number of aromatic amines is 1. The number of H-pyrrole nitrogens is 1. The van der Waals surface area contributed by atoms with E-state index in [2.05, 4.69) is 9.97 Å². The number of nitrogens with zero attached hydrogens (tertiary/aromatic N) is 2. The summed E-state index contributed by atoms with van der Waals surface area (Å²) in [6.45, 7) is 0.609. The molecule has 0 bridgehead atoms. The van der Waals surface area contributed by atoms with Crippen LogP contribution in [0.4, 0.5) is 5.82 Å². The number of rotatable bonds is 5. The molecule has 0 aliphatic rings. The fourth-order valence-electron chi connectivity index (χ4n) is 1.09. The van der Waals surface area contributed by atoms with E-state index in [0.717, 1.165) is 12.8 Å². The van der Waals surface area contributed by atoms with Crippen molar-refractivity contribution in [3.05, 3.63) is 22.1 Å². The lowest BCUT2D eigenvalue weighted by Gasteiger charge is -1.96. The van der Waals surface area contributed by atoms with Crippen LogP contribution in [-0.4, -0.2) is 21.4 Å². The average Bonchev–Trinajstić information content (AvgIpc) is 2.53. The first-order valence-electron chi connectivity index (χ1n) is 4.12. The van der Waals surface area contributed by atoms with Crippen LogP contribution >= 0.6 is 0 Å². The summed E-state index contributed by atoms with van der Waals surface area (Å²) in [6.07, 6.45) is 3.65. The van der Waals surface area contributed by atoms with Gasteiger partial charge in [-0.15, -0.1) is 0 Å². The van der Waals surface area contributed by atoms with Gasteiger partial charge < -0.3 is 15.8 Å². The van der Waals surface area contributed by atoms with Gasteiger partial charge in [-0.2, -0.15) is 0 Å². The third kappa shape index (κ3) is 2.51. The van der Waals surface area contributed by atoms with Crippen molar-refractivity contribution >= 4 is 5.82 Å². The molecule has 0 radical (unpaired) electrons. The molecule has 0 atom stereocenters. The van der Waals surface area contributed by atoms with E-state index < -0.39 is 4.92 Å². The van der Waals surface area contributed by atoms with Gasteiger partial charge in [-0.1, -0.05) is 0 Å². The van der Waals surface area contributed by atoms with Crippen LogP contribution in [0.25, 0.3) is 0 Å². The molecule has 0 unspecified atom stereocenters. The monoisotopic (exact) mass is 184 g/mol. The van der Waals surface area contributed by atoms with Crippen molar-refractivity contribution in [2.75, 3.05) is 6.54 Å². The Bertz CT molecular complexity index is 284. The Hall–Kier alpha value is -1.43. The average molecular weight is 184 g/mol. The molecule has 3 N–H and O–H groups in total. The molecule has 1 aromatic heterocycles. The molecule has 13 heavy (non-hydrogen) atoms. The van der Waals surface area contributed by atoms with E-state index in [-0.39, 0.29) is 5.82 Å². The van der Waals surface area contributed by atoms with Crippen molar-refractivity contribution in [2.24, 2.45) is 5.73 Å². The predicted molar refractivity (Wildman–Crippen MR) is 47.2 cm³/mol. The van der Waals surface area contributed by atoms with Crippen molar-refractivity contribution < 1.29 is 4.92 Å². The van der Waals surface area contributed by atoms with Crippen LogP contribution in [0.3, 0.4) is 0 Å². The maximum Gasteiger partial charge on any atom is 0.343 e. The second-order valence-electron chi connectivity index (χ2n) is 2.70. The maximum absolute atomic E-state index is 10.4. The molecule has 0 aromatic carbocycles. The van der Waals surface area contributed by atoms with Crippen molar-refractivity contribution in [1.82, 2.24) is 9.97 Å². The molecule has 1 heterocycles. The Morgan fingerprint density at radius 1 is 1.62 bits per heavy atom. The van der Waals surface area contributed by atoms with Gasteiger partial charge in [-0.05, 0) is 30.7 Å². The van der Waals surface area contributed by atoms with E-state index in [1.807, 2.05) is 0 Å². The predicted octanol–water partition coefficient (Wildman–Crippen LogP) is 0.599. The summed E-state index contributed by atoms with van der Waals surface area (Å²) in [5.41, 5.74) is 5.82. The summed E-state index contributed by atoms with van der Waals surface area (Å²) < 4.78 is 0. The van der Waals surface area contributed by atoms with Gasteiger partial charge in [0.1, 0.15) is 5.69 Å². The largest absolute Gasteiger partial charge is 0.358 e. The lowest BCUT2D eigenvalue weighted by Crippen LogP contribution is -2.00. The molecule has 0 spiro atoms. The fourth-order valence-corrected chi connectivity index (χ4v) is 1.09. The second-order valence-corrected chi connectivity index (χ2v) is 2.70. The van der Waals surface area contributed by atoms with Gasteiger partial charge in [0, 0.05) is 0 Å². The van der Waals surface area contributed by atoms with Gasteiger partial charge in [0.25, 0.3) is 0 Å². The number of imidazole rings is 1. The van der Waals surface area contributed by atoms with Crippen LogP contribution < -0.4 is 5.73 Å². The van der Waals surface area contributed by atoms with Gasteiger partial charge >= 0.3 is 5.82 Å². The van der Waals surface area contributed by atoms with Gasteiger partial charge in [-0.25, -0.2) is 9.97 Å². The summed E-state index contributed by atoms with van der Waals surface area (Å²) in [7, 11) is 0. The lowest BCUT2D eigenvalue weighted by molar-refractivity contribution is -0.390. The molecule has 1 rings (SSSR count). The third-order valence-electron chi connectivity index (χ3n) is 1.75. The zero-order valence-electron chi connectivity index (χ0n) is 7.19. The van der Waals surface area contributed by atoms with Crippen LogP contribution in [0.5, 0.6) is 0 Å². The number of nitrogens with two attached hydrogens (primary N) is 1. The highest BCUT2D eigenvalue weighted by Gasteiger charge is 2.13. The summed E-state index contributed by atoms with van der Waals surface area (Å²) in [6, 6.07) is 0. The van der Waals surface area contributed by atoms with E-state index in [9.17, 15) is 10.1 Å². The number of nitro groups is 1. The minimum absolute atomic E-state index is 0.00276. The lowest BCUT2D eigenvalue weighted by atomic mass is 10.2. The van der Waals surface area contributed by atoms with Crippen LogP contribution in [0.2, 0.25) is 0 Å². The molecule has 6 nitrogen and oxygen atoms in total. The summed E-state index contributed by atoms with van der Waals surface area (Å²) in [5, 5.41) is 10.4. The number of nitrogens with one attached hydrogen (secondary N) is 1. The first-order chi connectivity index (χ1) is 6.25. The molecule has 0 fully saturated rings. The zero-order chi connectivity index (χ0) is 9.68. The van der Waals surface area contributed by atoms with E-state index in [1.165, 1.54) is 6.33 Å². The molecule has 0 amide bonds. The summed E-state index contributed by atoms with van der Waals surface area (Å²) in [4.78, 5) is 16.3. The SMILES string of the molecule is NCCCCc1nc[nH]c1[N+](=O)[O-]. The number of hydrogen-bond acceptors (Lipinski definition) is 4. The Morgan fingerprint density at radius 3 is 3.00 bits per heavy atom. The van der Waals surface area contributed by atoms with E-state index >= 15 is 0 Å². The highest BCUT2D eigenvalue weighted by atomic mass is 16.6. The normalized spacial score (nSPS) is 10.2. The molecule has 6 heteroatoms. The molecule has 72 valence electrons. The quantitative estimate of drug-likeness (QED) is 0.397. The maximum atomic E-state index is 10.4. The Labute approximate surface area is 75.3 Å². The Balaban J connectivity index is 2.55. The van der Waals surface area contributed by atoms with Gasteiger partial charge in [0.05, 0.1) is 0 Å². The van der Waals surface area contributed by atoms with E-state index in [0.29, 0.717) is 18.7 Å². The smallest absolute Gasteiger partial charge is 0.343 e. The number of hydrogen-bond donors (Lipinski definition) is 2. The third-order valence-corrected chi connectivity index (χ3v) is 1.75. The molecular formula is C7H12N4O2. The molecular weight excluding hydrogens is 172 g/mol. The molecule has 0 aliphatic heterocycles. The van der Waals surface area contributed by atoms with Gasteiger partial charge in [0.2, 0.25) is 0 Å². The zero-order valence-corrected chi connectivity index (χ0v) is 7.19. The minimum Gasteiger partial charge on any atom is -0.358 e. The highest BCUT2D eigenvalue weighted by Crippen LogP contribution is 2.14. The van der Waals surface area contributed by atoms with Crippen LogP contribution in [-0.2, 0) is 6.42 Å². The molecule has 0 saturated heterocycles. The topological polar surface area (TPSA) is 97.8 Å². The van der Waals surface area contributed by atoms with Crippen molar-refractivity contribution in [1.29, 1.82) is 0 Å². The molecule has 0 saturated carbocycles. The first-order valence-corrected chi connectivity index (χ1v) is 4.12. The van der Waals surface area contributed by atoms with Crippen LogP contribution in [0, 0.1) is 10.1 Å². The van der Waals surface area contributed by atoms with Gasteiger partial charge in [0.15, 0.2) is 6.33 Å². The Kier molecular flexibility index (Phi) is 3.39. The number of aromatic nitrogens is 2. The second kappa shape index (κ2) is 4.56. The minimum atomic E-state index is -0.454. The van der Waals surface area contributed by atoms with Crippen LogP contribution in [0.1, 0.15) is 18.5 Å². The first kappa shape index (κ1) is 9.66. The van der Waals surface area contributed by atoms with Crippen molar-refractivity contribution in [2.45, 2.75) is 19.3 Å². The van der Waals surface area contributed by atoms with Gasteiger partial charge in [-0.3, -0.25) is 0 Å². The molecule has 0 aliphatic carbocycles. The van der Waals surface area contributed by atoms with Crippen molar-refractivity contribution in [3.63, 3.8) is 0 Å². The van der Waals surface area contributed by atoms with Crippen molar-refractivity contribution in [3.8, 4) is 0 Å². The summed E-state index contributed by atoms with van der Waals surface area (Å²) >= 11 is 0. The van der Waals surface area contributed by atoms with Crippen LogP contribution in [0.15, 0.2) is 6.33 Å². The van der Waals surface area contributed by atoms with E-state index in [1.54, 1.807) is 0 Å².